The molecule has 4 rings (SSSR count). The quantitative estimate of drug-likeness (QED) is 0.623. The summed E-state index contributed by atoms with van der Waals surface area (Å²) in [6.07, 6.45) is 0. The highest BCUT2D eigenvalue weighted by atomic mass is 35.5. The van der Waals surface area contributed by atoms with E-state index in [0.29, 0.717) is 27.0 Å². The minimum atomic E-state index is -1.90. The highest BCUT2D eigenvalue weighted by Gasteiger charge is 2.58. The van der Waals surface area contributed by atoms with E-state index in [9.17, 15) is 15.0 Å². The summed E-state index contributed by atoms with van der Waals surface area (Å²) in [4.78, 5) is 16.2. The number of carbonyl (C=O) groups excluding carboxylic acids is 1. The molecule has 1 aliphatic heterocycles. The molecule has 0 unspecified atom stereocenters. The first-order chi connectivity index (χ1) is 14.0. The van der Waals surface area contributed by atoms with Crippen molar-refractivity contribution >= 4 is 40.6 Å². The van der Waals surface area contributed by atoms with Gasteiger partial charge in [-0.05, 0) is 54.1 Å². The Morgan fingerprint density at radius 1 is 0.828 bits per heavy atom. The van der Waals surface area contributed by atoms with E-state index in [1.807, 2.05) is 30.3 Å². The smallest absolute Gasteiger partial charge is 0.332 e. The number of halogens is 2. The second-order valence-corrected chi connectivity index (χ2v) is 7.66. The lowest BCUT2D eigenvalue weighted by atomic mass is 9.95. The van der Waals surface area contributed by atoms with Gasteiger partial charge in [-0.2, -0.15) is 0 Å². The number of benzene rings is 3. The number of amides is 2. The van der Waals surface area contributed by atoms with Crippen LogP contribution in [-0.2, 0) is 0 Å². The summed E-state index contributed by atoms with van der Waals surface area (Å²) >= 11 is 12.0. The van der Waals surface area contributed by atoms with Crippen molar-refractivity contribution in [3.8, 4) is 0 Å². The van der Waals surface area contributed by atoms with Crippen LogP contribution in [0.15, 0.2) is 78.9 Å². The van der Waals surface area contributed by atoms with Gasteiger partial charge < -0.3 is 10.2 Å². The number of urea groups is 1. The van der Waals surface area contributed by atoms with E-state index in [1.54, 1.807) is 48.5 Å². The molecule has 0 aliphatic carbocycles. The van der Waals surface area contributed by atoms with Gasteiger partial charge in [0.25, 0.3) is 0 Å². The summed E-state index contributed by atoms with van der Waals surface area (Å²) in [7, 11) is 0. The summed E-state index contributed by atoms with van der Waals surface area (Å²) in [5, 5.41) is 22.9. The molecule has 2 amide bonds. The topological polar surface area (TPSA) is 64.0 Å². The van der Waals surface area contributed by atoms with Gasteiger partial charge in [0.15, 0.2) is 5.72 Å². The highest BCUT2D eigenvalue weighted by molar-refractivity contribution is 6.31. The Morgan fingerprint density at radius 2 is 1.34 bits per heavy atom. The lowest BCUT2D eigenvalue weighted by Crippen LogP contribution is -2.51. The number of anilines is 2. The van der Waals surface area contributed by atoms with Crippen molar-refractivity contribution in [3.05, 3.63) is 94.5 Å². The van der Waals surface area contributed by atoms with Crippen LogP contribution in [0.1, 0.15) is 11.6 Å². The van der Waals surface area contributed by atoms with Crippen LogP contribution >= 0.6 is 23.2 Å². The monoisotopic (exact) mass is 428 g/mol. The van der Waals surface area contributed by atoms with Crippen LogP contribution in [-0.4, -0.2) is 28.6 Å². The molecule has 0 aromatic heterocycles. The van der Waals surface area contributed by atoms with E-state index < -0.39 is 24.4 Å². The Labute approximate surface area is 178 Å². The normalized spacial score (nSPS) is 21.7. The zero-order chi connectivity index (χ0) is 20.6. The third-order valence-electron chi connectivity index (χ3n) is 5.02. The number of hydrogen-bond acceptors (Lipinski definition) is 3. The van der Waals surface area contributed by atoms with Crippen molar-refractivity contribution in [3.63, 3.8) is 0 Å². The van der Waals surface area contributed by atoms with Crippen LogP contribution in [0.5, 0.6) is 0 Å². The largest absolute Gasteiger partial charge is 0.391 e. The van der Waals surface area contributed by atoms with Gasteiger partial charge in [0.1, 0.15) is 6.04 Å². The van der Waals surface area contributed by atoms with E-state index in [1.165, 1.54) is 9.80 Å². The molecule has 1 fully saturated rings. The molecule has 1 aliphatic rings. The molecule has 0 saturated carbocycles. The second-order valence-electron chi connectivity index (χ2n) is 6.79. The molecular formula is C22H18Cl2N2O3. The molecule has 3 aromatic carbocycles. The molecule has 3 aromatic rings. The molecule has 148 valence electrons. The molecule has 2 N–H and O–H groups in total. The van der Waals surface area contributed by atoms with E-state index >= 15 is 0 Å². The van der Waals surface area contributed by atoms with Crippen molar-refractivity contribution in [1.29, 1.82) is 0 Å². The lowest BCUT2D eigenvalue weighted by Gasteiger charge is -2.35. The van der Waals surface area contributed by atoms with Crippen LogP contribution in [0.4, 0.5) is 16.2 Å². The van der Waals surface area contributed by atoms with Gasteiger partial charge in [-0.25, -0.2) is 4.79 Å². The maximum Gasteiger partial charge on any atom is 0.332 e. The first-order valence-corrected chi connectivity index (χ1v) is 9.74. The average molecular weight is 429 g/mol. The zero-order valence-electron chi connectivity index (χ0n) is 15.2. The number of aliphatic hydroxyl groups excluding tert-OH is 1. The fraction of sp³-hybridized carbons (Fsp3) is 0.136. The molecule has 2 atom stereocenters. The van der Waals surface area contributed by atoms with Gasteiger partial charge in [0.2, 0.25) is 0 Å². The van der Waals surface area contributed by atoms with E-state index in [-0.39, 0.29) is 0 Å². The standard InChI is InChI=1S/C22H18Cl2N2O3/c23-16-6-10-18(11-7-16)25-20(15-4-2-1-3-5-15)22(29,14-27)26(21(25)28)19-12-8-17(24)9-13-19/h1-13,20,27,29H,14H2/t20-,22-/m1/s1. The first kappa shape index (κ1) is 19.7. The summed E-state index contributed by atoms with van der Waals surface area (Å²) in [5.41, 5.74) is -0.236. The lowest BCUT2D eigenvalue weighted by molar-refractivity contribution is -0.0175. The van der Waals surface area contributed by atoms with E-state index in [0.717, 1.165) is 0 Å². The van der Waals surface area contributed by atoms with Gasteiger partial charge in [-0.3, -0.25) is 9.80 Å². The maximum absolute atomic E-state index is 13.5. The fourth-order valence-corrected chi connectivity index (χ4v) is 3.96. The maximum atomic E-state index is 13.5. The van der Waals surface area contributed by atoms with Gasteiger partial charge in [0, 0.05) is 21.4 Å². The van der Waals surface area contributed by atoms with Gasteiger partial charge in [0.05, 0.1) is 6.61 Å². The van der Waals surface area contributed by atoms with E-state index in [4.69, 9.17) is 23.2 Å². The highest BCUT2D eigenvalue weighted by Crippen LogP contribution is 2.46. The number of carbonyl (C=O) groups is 1. The Bertz CT molecular complexity index is 1010. The van der Waals surface area contributed by atoms with Gasteiger partial charge >= 0.3 is 6.03 Å². The Balaban J connectivity index is 1.91. The van der Waals surface area contributed by atoms with Crippen molar-refractivity contribution < 1.29 is 15.0 Å². The Hall–Kier alpha value is -2.57. The Morgan fingerprint density at radius 3 is 1.86 bits per heavy atom. The summed E-state index contributed by atoms with van der Waals surface area (Å²) in [6.45, 7) is -0.662. The zero-order valence-corrected chi connectivity index (χ0v) is 16.8. The molecular weight excluding hydrogens is 411 g/mol. The van der Waals surface area contributed by atoms with Gasteiger partial charge in [-0.1, -0.05) is 53.5 Å². The molecule has 29 heavy (non-hydrogen) atoms. The second kappa shape index (κ2) is 7.69. The van der Waals surface area contributed by atoms with Crippen LogP contribution in [0, 0.1) is 0 Å². The van der Waals surface area contributed by atoms with Crippen molar-refractivity contribution in [2.24, 2.45) is 0 Å². The molecule has 7 heteroatoms. The minimum Gasteiger partial charge on any atom is -0.391 e. The third-order valence-corrected chi connectivity index (χ3v) is 5.52. The molecule has 0 bridgehead atoms. The van der Waals surface area contributed by atoms with Crippen molar-refractivity contribution in [2.45, 2.75) is 11.8 Å². The first-order valence-electron chi connectivity index (χ1n) is 8.98. The summed E-state index contributed by atoms with van der Waals surface area (Å²) in [5.74, 6) is 0. The average Bonchev–Trinajstić information content (AvgIpc) is 2.97. The predicted octanol–water partition coefficient (Wildman–Crippen LogP) is 4.86. The number of nitrogens with zero attached hydrogens (tertiary/aromatic N) is 2. The van der Waals surface area contributed by atoms with Crippen LogP contribution in [0.25, 0.3) is 0 Å². The molecule has 1 saturated heterocycles. The van der Waals surface area contributed by atoms with Crippen LogP contribution in [0.3, 0.4) is 0 Å². The molecule has 5 nitrogen and oxygen atoms in total. The third kappa shape index (κ3) is 3.36. The van der Waals surface area contributed by atoms with Crippen molar-refractivity contribution in [1.82, 2.24) is 0 Å². The van der Waals surface area contributed by atoms with Crippen molar-refractivity contribution in [2.75, 3.05) is 16.4 Å². The number of rotatable bonds is 4. The van der Waals surface area contributed by atoms with Crippen LogP contribution < -0.4 is 9.80 Å². The molecule has 1 heterocycles. The summed E-state index contributed by atoms with van der Waals surface area (Å²) in [6, 6.07) is 21.1. The SMILES string of the molecule is O=C1N(c2ccc(Cl)cc2)[C@H](c2ccccc2)[C@](O)(CO)N1c1ccc(Cl)cc1. The Kier molecular flexibility index (Phi) is 5.23. The minimum absolute atomic E-state index is 0.424. The van der Waals surface area contributed by atoms with Crippen LogP contribution in [0.2, 0.25) is 10.0 Å². The molecule has 0 radical (unpaired) electrons. The number of hydrogen-bond donors (Lipinski definition) is 2. The summed E-state index contributed by atoms with van der Waals surface area (Å²) < 4.78 is 0. The fourth-order valence-electron chi connectivity index (χ4n) is 3.71. The van der Waals surface area contributed by atoms with Gasteiger partial charge in [-0.15, -0.1) is 0 Å². The van der Waals surface area contributed by atoms with E-state index in [2.05, 4.69) is 0 Å². The number of aliphatic hydroxyl groups is 2. The molecule has 0 spiro atoms. The predicted molar refractivity (Wildman–Crippen MR) is 114 cm³/mol.